The second kappa shape index (κ2) is 10.6. The molecule has 0 saturated heterocycles. The van der Waals surface area contributed by atoms with Crippen LogP contribution in [0, 0.1) is 0 Å². The lowest BCUT2D eigenvalue weighted by Crippen LogP contribution is -2.35. The molecule has 188 valence electrons. The number of hydrogen-bond donors (Lipinski definition) is 0. The van der Waals surface area contributed by atoms with Crippen molar-refractivity contribution < 1.29 is 9.47 Å². The molecule has 2 aliphatic rings. The number of rotatable bonds is 6. The fraction of sp³-hybridized carbons (Fsp3) is 0.690. The molecule has 1 aromatic heterocycles. The summed E-state index contributed by atoms with van der Waals surface area (Å²) in [7, 11) is -0.568. The Balaban J connectivity index is 1.79. The van der Waals surface area contributed by atoms with Crippen molar-refractivity contribution in [1.29, 1.82) is 0 Å². The number of aromatic nitrogens is 2. The van der Waals surface area contributed by atoms with E-state index in [1.807, 2.05) is 6.20 Å². The number of para-hydroxylation sites is 1. The Bertz CT molecular complexity index is 876. The zero-order chi connectivity index (χ0) is 24.3. The predicted molar refractivity (Wildman–Crippen MR) is 145 cm³/mol. The van der Waals surface area contributed by atoms with Gasteiger partial charge in [-0.2, -0.15) is 0 Å². The van der Waals surface area contributed by atoms with Crippen LogP contribution in [0.1, 0.15) is 106 Å². The number of ether oxygens (including phenoxy) is 2. The summed E-state index contributed by atoms with van der Waals surface area (Å²) in [4.78, 5) is 4.98. The maximum atomic E-state index is 6.72. The molecule has 0 N–H and O–H groups in total. The van der Waals surface area contributed by atoms with E-state index in [1.165, 1.54) is 38.5 Å². The smallest absolute Gasteiger partial charge is 0.147 e. The van der Waals surface area contributed by atoms with Gasteiger partial charge in [-0.1, -0.05) is 60.5 Å². The molecule has 0 aliphatic heterocycles. The van der Waals surface area contributed by atoms with Gasteiger partial charge in [-0.05, 0) is 81.7 Å². The van der Waals surface area contributed by atoms with Gasteiger partial charge in [-0.25, -0.2) is 4.98 Å². The Morgan fingerprint density at radius 2 is 1.24 bits per heavy atom. The zero-order valence-corrected chi connectivity index (χ0v) is 23.2. The molecule has 0 amide bonds. The van der Waals surface area contributed by atoms with E-state index in [0.29, 0.717) is 0 Å². The molecule has 2 aliphatic carbocycles. The average Bonchev–Trinajstić information content (AvgIpc) is 3.21. The maximum absolute atomic E-state index is 6.72. The number of nitrogens with zero attached hydrogens (tertiary/aromatic N) is 2. The fourth-order valence-corrected chi connectivity index (χ4v) is 9.67. The van der Waals surface area contributed by atoms with Crippen molar-refractivity contribution in [1.82, 2.24) is 9.55 Å². The van der Waals surface area contributed by atoms with Crippen LogP contribution in [0.15, 0.2) is 30.6 Å². The Hall–Kier alpha value is -1.54. The van der Waals surface area contributed by atoms with E-state index in [2.05, 4.69) is 70.5 Å². The van der Waals surface area contributed by atoms with Crippen molar-refractivity contribution in [2.24, 2.45) is 0 Å². The van der Waals surface area contributed by atoms with Gasteiger partial charge in [0.25, 0.3) is 0 Å². The van der Waals surface area contributed by atoms with E-state index < -0.39 is 7.92 Å². The molecule has 34 heavy (non-hydrogen) atoms. The summed E-state index contributed by atoms with van der Waals surface area (Å²) in [5.41, 5.74) is 2.20. The van der Waals surface area contributed by atoms with Crippen LogP contribution in [-0.2, 0) is 0 Å². The molecule has 2 aromatic rings. The summed E-state index contributed by atoms with van der Waals surface area (Å²) in [5, 5.41) is 0.250. The Kier molecular flexibility index (Phi) is 7.97. The van der Waals surface area contributed by atoms with E-state index in [1.54, 1.807) is 0 Å². The third-order valence-electron chi connectivity index (χ3n) is 7.06. The molecule has 0 unspecified atom stereocenters. The summed E-state index contributed by atoms with van der Waals surface area (Å²) >= 11 is 0. The molecule has 0 bridgehead atoms. The van der Waals surface area contributed by atoms with Gasteiger partial charge < -0.3 is 9.47 Å². The lowest BCUT2D eigenvalue weighted by atomic mass is 9.97. The highest BCUT2D eigenvalue weighted by molar-refractivity contribution is 7.68. The third-order valence-corrected chi connectivity index (χ3v) is 10.5. The lowest BCUT2D eigenvalue weighted by molar-refractivity contribution is 0.145. The fourth-order valence-electron chi connectivity index (χ4n) is 5.90. The van der Waals surface area contributed by atoms with Crippen molar-refractivity contribution in [2.45, 2.75) is 128 Å². The minimum Gasteiger partial charge on any atom is -0.488 e. The molecular weight excluding hydrogens is 439 g/mol. The minimum absolute atomic E-state index is 0.125. The SMILES string of the molecule is CC(C)(C)P(c1nccn1-c1c(OC2CCCCC2)cccc1OC1CCCCC1)C(C)(C)C. The van der Waals surface area contributed by atoms with Crippen LogP contribution < -0.4 is 15.0 Å². The molecule has 2 fully saturated rings. The number of imidazole rings is 1. The van der Waals surface area contributed by atoms with Crippen molar-refractivity contribution in [3.63, 3.8) is 0 Å². The maximum Gasteiger partial charge on any atom is 0.147 e. The predicted octanol–water partition coefficient (Wildman–Crippen LogP) is 8.00. The van der Waals surface area contributed by atoms with E-state index in [9.17, 15) is 0 Å². The van der Waals surface area contributed by atoms with Crippen molar-refractivity contribution in [2.75, 3.05) is 0 Å². The summed E-state index contributed by atoms with van der Waals surface area (Å²) in [6.07, 6.45) is 16.9. The molecular formula is C29H45N2O2P. The van der Waals surface area contributed by atoms with Crippen LogP contribution in [0.25, 0.3) is 5.69 Å². The van der Waals surface area contributed by atoms with Crippen LogP contribution in [-0.4, -0.2) is 32.1 Å². The molecule has 0 atom stereocenters. The first kappa shape index (κ1) is 25.5. The molecule has 4 nitrogen and oxygen atoms in total. The zero-order valence-electron chi connectivity index (χ0n) is 22.3. The van der Waals surface area contributed by atoms with Gasteiger partial charge in [-0.15, -0.1) is 0 Å². The highest BCUT2D eigenvalue weighted by atomic mass is 31.1. The van der Waals surface area contributed by atoms with Gasteiger partial charge in [0, 0.05) is 12.4 Å². The van der Waals surface area contributed by atoms with Crippen molar-refractivity contribution >= 4 is 13.5 Å². The number of benzene rings is 1. The first-order valence-electron chi connectivity index (χ1n) is 13.4. The average molecular weight is 485 g/mol. The topological polar surface area (TPSA) is 36.3 Å². The molecule has 0 radical (unpaired) electrons. The van der Waals surface area contributed by atoms with Crippen molar-refractivity contribution in [3.05, 3.63) is 30.6 Å². The summed E-state index contributed by atoms with van der Waals surface area (Å²) in [6, 6.07) is 6.38. The monoisotopic (exact) mass is 484 g/mol. The molecule has 0 spiro atoms. The molecule has 4 rings (SSSR count). The quantitative estimate of drug-likeness (QED) is 0.390. The van der Waals surface area contributed by atoms with Crippen LogP contribution in [0.2, 0.25) is 0 Å². The van der Waals surface area contributed by atoms with E-state index in [-0.39, 0.29) is 22.5 Å². The highest BCUT2D eigenvalue weighted by Crippen LogP contribution is 2.58. The molecule has 1 aromatic carbocycles. The molecule has 1 heterocycles. The van der Waals surface area contributed by atoms with Gasteiger partial charge in [0.2, 0.25) is 0 Å². The van der Waals surface area contributed by atoms with Gasteiger partial charge in [0.05, 0.1) is 12.2 Å². The second-order valence-electron chi connectivity index (χ2n) is 12.1. The lowest BCUT2D eigenvalue weighted by Gasteiger charge is -2.41. The van der Waals surface area contributed by atoms with Crippen LogP contribution in [0.5, 0.6) is 11.5 Å². The number of hydrogen-bond acceptors (Lipinski definition) is 3. The normalized spacial score (nSPS) is 18.9. The van der Waals surface area contributed by atoms with Crippen LogP contribution >= 0.6 is 7.92 Å². The van der Waals surface area contributed by atoms with Crippen molar-refractivity contribution in [3.8, 4) is 17.2 Å². The van der Waals surface area contributed by atoms with Crippen LogP contribution in [0.3, 0.4) is 0 Å². The summed E-state index contributed by atoms with van der Waals surface area (Å²) in [5.74, 6) is 1.88. The summed E-state index contributed by atoms with van der Waals surface area (Å²) < 4.78 is 15.8. The van der Waals surface area contributed by atoms with Crippen LogP contribution in [0.4, 0.5) is 0 Å². The van der Waals surface area contributed by atoms with Gasteiger partial charge >= 0.3 is 0 Å². The largest absolute Gasteiger partial charge is 0.488 e. The molecule has 5 heteroatoms. The van der Waals surface area contributed by atoms with E-state index in [0.717, 1.165) is 48.4 Å². The van der Waals surface area contributed by atoms with E-state index in [4.69, 9.17) is 14.5 Å². The Morgan fingerprint density at radius 3 is 1.68 bits per heavy atom. The second-order valence-corrected chi connectivity index (χ2v) is 15.9. The minimum atomic E-state index is -0.568. The highest BCUT2D eigenvalue weighted by Gasteiger charge is 2.39. The first-order valence-corrected chi connectivity index (χ1v) is 14.8. The van der Waals surface area contributed by atoms with Gasteiger partial charge in [0.15, 0.2) is 0 Å². The van der Waals surface area contributed by atoms with Gasteiger partial charge in [0.1, 0.15) is 22.8 Å². The summed E-state index contributed by atoms with van der Waals surface area (Å²) in [6.45, 7) is 14.1. The Morgan fingerprint density at radius 1 is 0.765 bits per heavy atom. The Labute approximate surface area is 208 Å². The van der Waals surface area contributed by atoms with E-state index >= 15 is 0 Å². The standard InChI is InChI=1S/C29H45N2O2P/c1-28(2,3)34(29(4,5)6)27-30-20-21-31(27)26-24(32-22-14-9-7-10-15-22)18-13-19-25(26)33-23-16-11-8-12-17-23/h13,18-23H,7-12,14-17H2,1-6H3. The van der Waals surface area contributed by atoms with Gasteiger partial charge in [-0.3, -0.25) is 4.57 Å². The molecule has 2 saturated carbocycles. The first-order chi connectivity index (χ1) is 16.1. The third kappa shape index (κ3) is 5.99.